The van der Waals surface area contributed by atoms with Crippen LogP contribution in [-0.2, 0) is 19.3 Å². The maximum Gasteiger partial charge on any atom is 0.0297 e. The van der Waals surface area contributed by atoms with Crippen molar-refractivity contribution < 1.29 is 0 Å². The van der Waals surface area contributed by atoms with Crippen molar-refractivity contribution in [2.24, 2.45) is 0 Å². The zero-order valence-electron chi connectivity index (χ0n) is 12.1. The van der Waals surface area contributed by atoms with Gasteiger partial charge in [-0.1, -0.05) is 39.8 Å². The minimum Gasteiger partial charge on any atom is -0.310 e. The minimum atomic E-state index is 0.468. The Kier molecular flexibility index (Phi) is 5.70. The van der Waals surface area contributed by atoms with Crippen LogP contribution in [0.15, 0.2) is 12.1 Å². The fourth-order valence-electron chi connectivity index (χ4n) is 2.60. The molecule has 0 aliphatic rings. The highest BCUT2D eigenvalue weighted by Crippen LogP contribution is 2.26. The van der Waals surface area contributed by atoms with Crippen molar-refractivity contribution in [1.82, 2.24) is 5.32 Å². The Hall–Kier alpha value is -0.820. The lowest BCUT2D eigenvalue weighted by Crippen LogP contribution is -2.20. The quantitative estimate of drug-likeness (QED) is 0.782. The molecule has 1 N–H and O–H groups in total. The second kappa shape index (κ2) is 6.80. The third kappa shape index (κ3) is 3.32. The first-order valence-corrected chi connectivity index (χ1v) is 7.05. The zero-order chi connectivity index (χ0) is 12.8. The van der Waals surface area contributed by atoms with Gasteiger partial charge in [-0.2, -0.15) is 0 Å². The molecule has 0 fully saturated rings. The second-order valence-electron chi connectivity index (χ2n) is 4.67. The van der Waals surface area contributed by atoms with Crippen molar-refractivity contribution in [3.05, 3.63) is 34.4 Å². The molecule has 0 aliphatic heterocycles. The molecule has 0 bridgehead atoms. The van der Waals surface area contributed by atoms with Crippen LogP contribution in [0.2, 0.25) is 0 Å². The number of rotatable bonds is 6. The summed E-state index contributed by atoms with van der Waals surface area (Å²) in [6.07, 6.45) is 3.40. The molecule has 1 nitrogen and oxygen atoms in total. The summed E-state index contributed by atoms with van der Waals surface area (Å²) in [6, 6.07) is 5.25. The van der Waals surface area contributed by atoms with Crippen LogP contribution < -0.4 is 5.32 Å². The van der Waals surface area contributed by atoms with E-state index >= 15 is 0 Å². The Morgan fingerprint density at radius 3 is 1.82 bits per heavy atom. The van der Waals surface area contributed by atoms with Crippen LogP contribution in [0.1, 0.15) is 62.9 Å². The summed E-state index contributed by atoms with van der Waals surface area (Å²) in [7, 11) is 0. The zero-order valence-corrected chi connectivity index (χ0v) is 12.1. The maximum absolute atomic E-state index is 3.55. The van der Waals surface area contributed by atoms with Gasteiger partial charge in [0.05, 0.1) is 0 Å². The number of nitrogens with one attached hydrogen (secondary N) is 1. The molecule has 1 unspecified atom stereocenters. The van der Waals surface area contributed by atoms with Gasteiger partial charge in [-0.3, -0.25) is 0 Å². The molecule has 1 aromatic rings. The van der Waals surface area contributed by atoms with E-state index in [0.717, 1.165) is 25.8 Å². The molecule has 1 heteroatoms. The summed E-state index contributed by atoms with van der Waals surface area (Å²) in [5, 5.41) is 3.55. The van der Waals surface area contributed by atoms with Gasteiger partial charge in [0.1, 0.15) is 0 Å². The van der Waals surface area contributed by atoms with Gasteiger partial charge in [0, 0.05) is 6.04 Å². The van der Waals surface area contributed by atoms with Crippen LogP contribution in [0.3, 0.4) is 0 Å². The van der Waals surface area contributed by atoms with Crippen molar-refractivity contribution >= 4 is 0 Å². The Morgan fingerprint density at radius 2 is 1.47 bits per heavy atom. The molecule has 96 valence electrons. The van der Waals surface area contributed by atoms with Crippen LogP contribution in [0.25, 0.3) is 0 Å². The molecule has 1 rings (SSSR count). The van der Waals surface area contributed by atoms with Gasteiger partial charge in [-0.15, -0.1) is 0 Å². The molecule has 0 aromatic heterocycles. The smallest absolute Gasteiger partial charge is 0.0297 e. The van der Waals surface area contributed by atoms with E-state index in [1.54, 1.807) is 0 Å². The van der Waals surface area contributed by atoms with E-state index in [1.807, 2.05) is 0 Å². The summed E-state index contributed by atoms with van der Waals surface area (Å²) in [5.41, 5.74) is 6.06. The molecular formula is C16H27N. The highest BCUT2D eigenvalue weighted by atomic mass is 14.9. The predicted molar refractivity (Wildman–Crippen MR) is 76.7 cm³/mol. The summed E-state index contributed by atoms with van der Waals surface area (Å²) in [4.78, 5) is 0. The van der Waals surface area contributed by atoms with Gasteiger partial charge >= 0.3 is 0 Å². The summed E-state index contributed by atoms with van der Waals surface area (Å²) in [5.74, 6) is 0. The Bertz CT molecular complexity index is 330. The fraction of sp³-hybridized carbons (Fsp3) is 0.625. The van der Waals surface area contributed by atoms with Gasteiger partial charge in [-0.05, 0) is 55.0 Å². The van der Waals surface area contributed by atoms with Crippen molar-refractivity contribution in [2.45, 2.75) is 59.9 Å². The molecule has 0 heterocycles. The number of aryl methyl sites for hydroxylation is 3. The number of benzene rings is 1. The highest BCUT2D eigenvalue weighted by molar-refractivity contribution is 5.41. The van der Waals surface area contributed by atoms with E-state index in [-0.39, 0.29) is 0 Å². The van der Waals surface area contributed by atoms with E-state index in [4.69, 9.17) is 0 Å². The lowest BCUT2D eigenvalue weighted by atomic mass is 9.90. The monoisotopic (exact) mass is 233 g/mol. The van der Waals surface area contributed by atoms with Crippen LogP contribution in [0, 0.1) is 0 Å². The van der Waals surface area contributed by atoms with Crippen molar-refractivity contribution in [1.29, 1.82) is 0 Å². The standard InChI is InChI=1S/C16H27N/c1-6-13-10-14(7-2)16(12(5)17-9-4)15(8-3)11-13/h10-12,17H,6-9H2,1-5H3. The van der Waals surface area contributed by atoms with Gasteiger partial charge in [0.2, 0.25) is 0 Å². The molecule has 0 amide bonds. The highest BCUT2D eigenvalue weighted by Gasteiger charge is 2.13. The maximum atomic E-state index is 3.55. The van der Waals surface area contributed by atoms with E-state index in [2.05, 4.69) is 52.1 Å². The van der Waals surface area contributed by atoms with E-state index in [9.17, 15) is 0 Å². The van der Waals surface area contributed by atoms with Gasteiger partial charge in [0.15, 0.2) is 0 Å². The average molecular weight is 233 g/mol. The van der Waals surface area contributed by atoms with Crippen LogP contribution in [0.4, 0.5) is 0 Å². The third-order valence-corrected chi connectivity index (χ3v) is 3.52. The molecule has 1 atom stereocenters. The molecule has 1 aromatic carbocycles. The van der Waals surface area contributed by atoms with Crippen molar-refractivity contribution in [2.75, 3.05) is 6.54 Å². The topological polar surface area (TPSA) is 12.0 Å². The average Bonchev–Trinajstić information content (AvgIpc) is 2.37. The lowest BCUT2D eigenvalue weighted by molar-refractivity contribution is 0.588. The number of hydrogen-bond donors (Lipinski definition) is 1. The minimum absolute atomic E-state index is 0.468. The Labute approximate surface area is 107 Å². The predicted octanol–water partition coefficient (Wildman–Crippen LogP) is 4.04. The number of hydrogen-bond acceptors (Lipinski definition) is 1. The van der Waals surface area contributed by atoms with Crippen molar-refractivity contribution in [3.8, 4) is 0 Å². The van der Waals surface area contributed by atoms with Gasteiger partial charge in [0.25, 0.3) is 0 Å². The molecule has 17 heavy (non-hydrogen) atoms. The molecule has 0 spiro atoms. The summed E-state index contributed by atoms with van der Waals surface area (Å²) >= 11 is 0. The summed E-state index contributed by atoms with van der Waals surface area (Å²) < 4.78 is 0. The fourth-order valence-corrected chi connectivity index (χ4v) is 2.60. The second-order valence-corrected chi connectivity index (χ2v) is 4.67. The first kappa shape index (κ1) is 14.2. The first-order chi connectivity index (χ1) is 8.17. The summed E-state index contributed by atoms with van der Waals surface area (Å²) in [6.45, 7) is 12.2. The molecule has 0 radical (unpaired) electrons. The normalized spacial score (nSPS) is 12.8. The van der Waals surface area contributed by atoms with Crippen LogP contribution in [0.5, 0.6) is 0 Å². The van der Waals surface area contributed by atoms with E-state index in [1.165, 1.54) is 22.3 Å². The molecule has 0 aliphatic carbocycles. The first-order valence-electron chi connectivity index (χ1n) is 7.05. The molecular weight excluding hydrogens is 206 g/mol. The largest absolute Gasteiger partial charge is 0.310 e. The Balaban J connectivity index is 3.23. The van der Waals surface area contributed by atoms with Gasteiger partial charge < -0.3 is 5.32 Å². The SMILES string of the molecule is CCNC(C)c1c(CC)cc(CC)cc1CC. The van der Waals surface area contributed by atoms with Gasteiger partial charge in [-0.25, -0.2) is 0 Å². The van der Waals surface area contributed by atoms with E-state index in [0.29, 0.717) is 6.04 Å². The van der Waals surface area contributed by atoms with Crippen LogP contribution in [-0.4, -0.2) is 6.54 Å². The van der Waals surface area contributed by atoms with Crippen LogP contribution >= 0.6 is 0 Å². The molecule has 0 saturated heterocycles. The Morgan fingerprint density at radius 1 is 0.941 bits per heavy atom. The molecule has 0 saturated carbocycles. The van der Waals surface area contributed by atoms with Crippen molar-refractivity contribution in [3.63, 3.8) is 0 Å². The third-order valence-electron chi connectivity index (χ3n) is 3.52. The lowest BCUT2D eigenvalue weighted by Gasteiger charge is -2.21. The van der Waals surface area contributed by atoms with E-state index < -0.39 is 0 Å².